The van der Waals surface area contributed by atoms with E-state index in [2.05, 4.69) is 26.2 Å². The quantitative estimate of drug-likeness (QED) is 0.825. The van der Waals surface area contributed by atoms with Crippen molar-refractivity contribution in [2.45, 2.75) is 19.3 Å². The number of anilines is 1. The molecule has 1 N–H and O–H groups in total. The Morgan fingerprint density at radius 1 is 1.57 bits per heavy atom. The van der Waals surface area contributed by atoms with Crippen molar-refractivity contribution in [1.82, 2.24) is 4.98 Å². The van der Waals surface area contributed by atoms with E-state index in [0.717, 1.165) is 18.5 Å². The van der Waals surface area contributed by atoms with Crippen LogP contribution in [-0.4, -0.2) is 10.9 Å². The third-order valence-electron chi connectivity index (χ3n) is 2.49. The lowest BCUT2D eigenvalue weighted by molar-refractivity contribution is -0.122. The zero-order chi connectivity index (χ0) is 9.97. The fourth-order valence-corrected chi connectivity index (χ4v) is 1.73. The first kappa shape index (κ1) is 9.65. The molecule has 4 heteroatoms. The summed E-state index contributed by atoms with van der Waals surface area (Å²) in [6.07, 6.45) is 4.89. The zero-order valence-electron chi connectivity index (χ0n) is 7.66. The van der Waals surface area contributed by atoms with E-state index in [9.17, 15) is 4.79 Å². The van der Waals surface area contributed by atoms with E-state index in [-0.39, 0.29) is 11.8 Å². The molecule has 1 heterocycles. The lowest BCUT2D eigenvalue weighted by Gasteiger charge is -2.24. The molecular weight excluding hydrogens is 244 g/mol. The fourth-order valence-electron chi connectivity index (χ4n) is 1.38. The highest BCUT2D eigenvalue weighted by Gasteiger charge is 2.25. The number of aromatic nitrogens is 1. The normalized spacial score (nSPS) is 16.1. The molecule has 3 nitrogen and oxygen atoms in total. The van der Waals surface area contributed by atoms with Crippen molar-refractivity contribution < 1.29 is 4.79 Å². The molecule has 1 fully saturated rings. The number of amides is 1. The summed E-state index contributed by atoms with van der Waals surface area (Å²) in [5.41, 5.74) is 0.754. The van der Waals surface area contributed by atoms with Gasteiger partial charge in [0, 0.05) is 12.1 Å². The second-order valence-electron chi connectivity index (χ2n) is 3.46. The van der Waals surface area contributed by atoms with Crippen molar-refractivity contribution >= 4 is 27.5 Å². The minimum atomic E-state index is 0.116. The molecule has 1 aliphatic carbocycles. The fraction of sp³-hybridized carbons (Fsp3) is 0.400. The molecule has 74 valence electrons. The van der Waals surface area contributed by atoms with Crippen molar-refractivity contribution in [3.63, 3.8) is 0 Å². The molecule has 14 heavy (non-hydrogen) atoms. The van der Waals surface area contributed by atoms with Crippen LogP contribution in [0.1, 0.15) is 19.3 Å². The maximum Gasteiger partial charge on any atom is 0.227 e. The Morgan fingerprint density at radius 2 is 2.36 bits per heavy atom. The van der Waals surface area contributed by atoms with Gasteiger partial charge in [0.05, 0.1) is 5.69 Å². The third-order valence-corrected chi connectivity index (χ3v) is 3.12. The summed E-state index contributed by atoms with van der Waals surface area (Å²) < 4.78 is 0.688. The number of carbonyl (C=O) groups excluding carboxylic acids is 1. The van der Waals surface area contributed by atoms with Crippen LogP contribution in [0.15, 0.2) is 22.9 Å². The highest BCUT2D eigenvalue weighted by molar-refractivity contribution is 9.10. The first-order valence-corrected chi connectivity index (χ1v) is 5.48. The summed E-state index contributed by atoms with van der Waals surface area (Å²) in [5.74, 6) is 0.326. The van der Waals surface area contributed by atoms with Crippen LogP contribution in [0.2, 0.25) is 0 Å². The highest BCUT2D eigenvalue weighted by Crippen LogP contribution is 2.28. The van der Waals surface area contributed by atoms with E-state index in [1.807, 2.05) is 6.07 Å². The molecule has 0 atom stereocenters. The first-order valence-electron chi connectivity index (χ1n) is 4.69. The SMILES string of the molecule is O=C(Nc1cccnc1Br)C1CCC1. The van der Waals surface area contributed by atoms with Gasteiger partial charge >= 0.3 is 0 Å². The number of hydrogen-bond donors (Lipinski definition) is 1. The Kier molecular flexibility index (Phi) is 2.82. The Hall–Kier alpha value is -0.900. The minimum Gasteiger partial charge on any atom is -0.324 e. The van der Waals surface area contributed by atoms with Gasteiger partial charge in [0.1, 0.15) is 4.60 Å². The van der Waals surface area contributed by atoms with Crippen LogP contribution in [0.3, 0.4) is 0 Å². The van der Waals surface area contributed by atoms with Crippen molar-refractivity contribution in [3.8, 4) is 0 Å². The molecule has 0 spiro atoms. The van der Waals surface area contributed by atoms with Crippen LogP contribution in [0.5, 0.6) is 0 Å². The summed E-state index contributed by atoms with van der Waals surface area (Å²) in [4.78, 5) is 15.6. The molecule has 1 aliphatic rings. The largest absolute Gasteiger partial charge is 0.324 e. The number of pyridine rings is 1. The zero-order valence-corrected chi connectivity index (χ0v) is 9.25. The molecular formula is C10H11BrN2O. The predicted octanol–water partition coefficient (Wildman–Crippen LogP) is 2.58. The van der Waals surface area contributed by atoms with Gasteiger partial charge in [-0.3, -0.25) is 4.79 Å². The number of carbonyl (C=O) groups is 1. The average molecular weight is 255 g/mol. The van der Waals surface area contributed by atoms with E-state index in [0.29, 0.717) is 4.60 Å². The smallest absolute Gasteiger partial charge is 0.227 e. The van der Waals surface area contributed by atoms with Gasteiger partial charge in [-0.05, 0) is 40.9 Å². The molecule has 0 aliphatic heterocycles. The Labute approximate surface area is 91.0 Å². The van der Waals surface area contributed by atoms with E-state index < -0.39 is 0 Å². The third kappa shape index (κ3) is 1.95. The molecule has 0 aromatic carbocycles. The second-order valence-corrected chi connectivity index (χ2v) is 4.21. The van der Waals surface area contributed by atoms with E-state index in [1.165, 1.54) is 6.42 Å². The minimum absolute atomic E-state index is 0.116. The van der Waals surface area contributed by atoms with E-state index >= 15 is 0 Å². The maximum atomic E-state index is 11.6. The number of rotatable bonds is 2. The molecule has 1 amide bonds. The van der Waals surface area contributed by atoms with Crippen molar-refractivity contribution in [2.24, 2.45) is 5.92 Å². The van der Waals surface area contributed by atoms with Gasteiger partial charge in [0.15, 0.2) is 0 Å². The summed E-state index contributed by atoms with van der Waals surface area (Å²) >= 11 is 3.29. The Morgan fingerprint density at radius 3 is 2.93 bits per heavy atom. The molecule has 2 rings (SSSR count). The van der Waals surface area contributed by atoms with Crippen molar-refractivity contribution in [1.29, 1.82) is 0 Å². The van der Waals surface area contributed by atoms with E-state index in [4.69, 9.17) is 0 Å². The lowest BCUT2D eigenvalue weighted by atomic mass is 9.85. The molecule has 0 saturated heterocycles. The van der Waals surface area contributed by atoms with E-state index in [1.54, 1.807) is 12.3 Å². The van der Waals surface area contributed by atoms with Crippen LogP contribution in [0, 0.1) is 5.92 Å². The van der Waals surface area contributed by atoms with Gasteiger partial charge in [0.25, 0.3) is 0 Å². The van der Waals surface area contributed by atoms with Gasteiger partial charge in [0.2, 0.25) is 5.91 Å². The average Bonchev–Trinajstić information content (AvgIpc) is 2.05. The Bertz CT molecular complexity index is 350. The molecule has 1 aromatic rings. The first-order chi connectivity index (χ1) is 6.77. The standard InChI is InChI=1S/C10H11BrN2O/c11-9-8(5-2-6-12-9)13-10(14)7-3-1-4-7/h2,5-7H,1,3-4H2,(H,13,14). The van der Waals surface area contributed by atoms with Crippen LogP contribution in [0.4, 0.5) is 5.69 Å². The monoisotopic (exact) mass is 254 g/mol. The number of halogens is 1. The summed E-state index contributed by atoms with van der Waals surface area (Å²) in [6.45, 7) is 0. The van der Waals surface area contributed by atoms with Gasteiger partial charge in [-0.2, -0.15) is 0 Å². The van der Waals surface area contributed by atoms with Crippen LogP contribution in [0.25, 0.3) is 0 Å². The highest BCUT2D eigenvalue weighted by atomic mass is 79.9. The van der Waals surface area contributed by atoms with Crippen LogP contribution < -0.4 is 5.32 Å². The number of nitrogens with one attached hydrogen (secondary N) is 1. The summed E-state index contributed by atoms with van der Waals surface area (Å²) in [6, 6.07) is 3.65. The van der Waals surface area contributed by atoms with Crippen molar-refractivity contribution in [3.05, 3.63) is 22.9 Å². The topological polar surface area (TPSA) is 42.0 Å². The molecule has 1 saturated carbocycles. The molecule has 0 unspecified atom stereocenters. The Balaban J connectivity index is 2.03. The number of hydrogen-bond acceptors (Lipinski definition) is 2. The number of nitrogens with zero attached hydrogens (tertiary/aromatic N) is 1. The van der Waals surface area contributed by atoms with Crippen LogP contribution in [-0.2, 0) is 4.79 Å². The summed E-state index contributed by atoms with van der Waals surface area (Å²) in [5, 5.41) is 2.86. The molecule has 1 aromatic heterocycles. The van der Waals surface area contributed by atoms with Crippen molar-refractivity contribution in [2.75, 3.05) is 5.32 Å². The predicted molar refractivity (Wildman–Crippen MR) is 57.9 cm³/mol. The maximum absolute atomic E-state index is 11.6. The lowest BCUT2D eigenvalue weighted by Crippen LogP contribution is -2.28. The van der Waals surface area contributed by atoms with Gasteiger partial charge in [-0.15, -0.1) is 0 Å². The van der Waals surface area contributed by atoms with Gasteiger partial charge in [-0.25, -0.2) is 4.98 Å². The second kappa shape index (κ2) is 4.09. The molecule has 0 radical (unpaired) electrons. The molecule has 0 bridgehead atoms. The van der Waals surface area contributed by atoms with Gasteiger partial charge < -0.3 is 5.32 Å². The van der Waals surface area contributed by atoms with Gasteiger partial charge in [-0.1, -0.05) is 6.42 Å². The summed E-state index contributed by atoms with van der Waals surface area (Å²) in [7, 11) is 0. The van der Waals surface area contributed by atoms with Crippen LogP contribution >= 0.6 is 15.9 Å².